The monoisotopic (exact) mass is 153 g/mol. The minimum Gasteiger partial charge on any atom is -0.393 e. The van der Waals surface area contributed by atoms with E-state index in [-0.39, 0.29) is 6.10 Å². The zero-order chi connectivity index (χ0) is 7.53. The second kappa shape index (κ2) is 1.64. The van der Waals surface area contributed by atoms with Crippen molar-refractivity contribution >= 4 is 0 Å². The van der Waals surface area contributed by atoms with Crippen LogP contribution in [0.5, 0.6) is 0 Å². The second-order valence-electron chi connectivity index (χ2n) is 4.87. The molecular formula is C9H15NO. The first-order chi connectivity index (χ1) is 5.22. The lowest BCUT2D eigenvalue weighted by Gasteiger charge is -2.43. The van der Waals surface area contributed by atoms with Gasteiger partial charge in [-0.25, -0.2) is 0 Å². The van der Waals surface area contributed by atoms with Crippen molar-refractivity contribution in [3.8, 4) is 0 Å². The van der Waals surface area contributed by atoms with Crippen LogP contribution in [0.1, 0.15) is 32.1 Å². The third-order valence-electron chi connectivity index (χ3n) is 3.76. The predicted molar refractivity (Wildman–Crippen MR) is 42.3 cm³/mol. The average molecular weight is 153 g/mol. The molecule has 62 valence electrons. The van der Waals surface area contributed by atoms with Crippen LogP contribution in [0, 0.1) is 5.41 Å². The van der Waals surface area contributed by atoms with E-state index >= 15 is 0 Å². The Bertz CT molecular complexity index is 192. The molecule has 3 aliphatic rings. The van der Waals surface area contributed by atoms with E-state index in [2.05, 4.69) is 5.32 Å². The summed E-state index contributed by atoms with van der Waals surface area (Å²) in [4.78, 5) is 0. The summed E-state index contributed by atoms with van der Waals surface area (Å²) < 4.78 is 0. The Morgan fingerprint density at radius 1 is 1.27 bits per heavy atom. The molecule has 2 N–H and O–H groups in total. The van der Waals surface area contributed by atoms with E-state index in [1.165, 1.54) is 25.8 Å². The van der Waals surface area contributed by atoms with Crippen molar-refractivity contribution < 1.29 is 5.11 Å². The summed E-state index contributed by atoms with van der Waals surface area (Å²) in [7, 11) is 0. The van der Waals surface area contributed by atoms with Crippen molar-refractivity contribution in [3.05, 3.63) is 0 Å². The summed E-state index contributed by atoms with van der Waals surface area (Å²) in [5, 5.41) is 12.8. The highest BCUT2D eigenvalue weighted by molar-refractivity contribution is 5.15. The topological polar surface area (TPSA) is 32.3 Å². The highest BCUT2D eigenvalue weighted by Crippen LogP contribution is 2.58. The lowest BCUT2D eigenvalue weighted by molar-refractivity contribution is 0.00995. The lowest BCUT2D eigenvalue weighted by Crippen LogP contribution is -2.53. The standard InChI is InChI=1S/C9H15NO/c11-7-3-9(4-7)5-8(1-2-8)6-10-9/h7,10-11H,1-6H2. The Balaban J connectivity index is 1.73. The Morgan fingerprint density at radius 2 is 2.00 bits per heavy atom. The summed E-state index contributed by atoms with van der Waals surface area (Å²) in [5.74, 6) is 0. The van der Waals surface area contributed by atoms with Crippen LogP contribution < -0.4 is 5.32 Å². The van der Waals surface area contributed by atoms with Crippen LogP contribution in [-0.4, -0.2) is 23.3 Å². The molecule has 0 atom stereocenters. The molecule has 11 heavy (non-hydrogen) atoms. The Labute approximate surface area is 67.0 Å². The molecule has 0 aromatic rings. The zero-order valence-electron chi connectivity index (χ0n) is 6.77. The second-order valence-corrected chi connectivity index (χ2v) is 4.87. The van der Waals surface area contributed by atoms with Gasteiger partial charge in [-0.3, -0.25) is 0 Å². The summed E-state index contributed by atoms with van der Waals surface area (Å²) in [6.45, 7) is 1.22. The van der Waals surface area contributed by atoms with Crippen LogP contribution in [0.2, 0.25) is 0 Å². The van der Waals surface area contributed by atoms with Gasteiger partial charge in [-0.05, 0) is 37.5 Å². The number of hydrogen-bond donors (Lipinski definition) is 2. The quantitative estimate of drug-likeness (QED) is 0.535. The smallest absolute Gasteiger partial charge is 0.0575 e. The fourth-order valence-corrected chi connectivity index (χ4v) is 2.88. The van der Waals surface area contributed by atoms with Gasteiger partial charge in [-0.1, -0.05) is 0 Å². The van der Waals surface area contributed by atoms with Crippen molar-refractivity contribution in [1.82, 2.24) is 5.32 Å². The van der Waals surface area contributed by atoms with Gasteiger partial charge in [-0.2, -0.15) is 0 Å². The molecule has 3 fully saturated rings. The van der Waals surface area contributed by atoms with Crippen molar-refractivity contribution in [2.24, 2.45) is 5.41 Å². The highest BCUT2D eigenvalue weighted by atomic mass is 16.3. The Kier molecular flexibility index (Phi) is 0.961. The van der Waals surface area contributed by atoms with Crippen LogP contribution in [0.25, 0.3) is 0 Å². The number of aliphatic hydroxyl groups excluding tert-OH is 1. The molecule has 0 radical (unpaired) electrons. The van der Waals surface area contributed by atoms with Gasteiger partial charge in [0.25, 0.3) is 0 Å². The van der Waals surface area contributed by atoms with Crippen LogP contribution in [0.15, 0.2) is 0 Å². The molecule has 2 spiro atoms. The minimum absolute atomic E-state index is 0.00333. The van der Waals surface area contributed by atoms with Gasteiger partial charge in [0.15, 0.2) is 0 Å². The van der Waals surface area contributed by atoms with Crippen molar-refractivity contribution in [3.63, 3.8) is 0 Å². The maximum absolute atomic E-state index is 9.22. The molecule has 2 heteroatoms. The summed E-state index contributed by atoms with van der Waals surface area (Å²) in [5.41, 5.74) is 1.08. The average Bonchev–Trinajstić information content (AvgIpc) is 2.50. The van der Waals surface area contributed by atoms with Crippen molar-refractivity contribution in [1.29, 1.82) is 0 Å². The van der Waals surface area contributed by atoms with E-state index in [1.807, 2.05) is 0 Å². The first-order valence-corrected chi connectivity index (χ1v) is 4.65. The van der Waals surface area contributed by atoms with E-state index < -0.39 is 0 Å². The van der Waals surface area contributed by atoms with E-state index in [0.717, 1.165) is 12.8 Å². The van der Waals surface area contributed by atoms with E-state index in [9.17, 15) is 5.11 Å². The number of rotatable bonds is 0. The van der Waals surface area contributed by atoms with Crippen LogP contribution in [0.4, 0.5) is 0 Å². The van der Waals surface area contributed by atoms with E-state index in [4.69, 9.17) is 0 Å². The first kappa shape index (κ1) is 6.44. The fraction of sp³-hybridized carbons (Fsp3) is 1.00. The maximum Gasteiger partial charge on any atom is 0.0575 e. The SMILES string of the molecule is OC1CC2(C1)CC1(CC1)CN2. The number of nitrogens with one attached hydrogen (secondary N) is 1. The lowest BCUT2D eigenvalue weighted by atomic mass is 9.71. The zero-order valence-corrected chi connectivity index (χ0v) is 6.77. The van der Waals surface area contributed by atoms with Crippen molar-refractivity contribution in [2.75, 3.05) is 6.54 Å². The molecule has 3 rings (SSSR count). The Hall–Kier alpha value is -0.0800. The molecule has 2 nitrogen and oxygen atoms in total. The Morgan fingerprint density at radius 3 is 2.45 bits per heavy atom. The van der Waals surface area contributed by atoms with E-state index in [0.29, 0.717) is 11.0 Å². The van der Waals surface area contributed by atoms with Gasteiger partial charge in [0.1, 0.15) is 0 Å². The third-order valence-corrected chi connectivity index (χ3v) is 3.76. The minimum atomic E-state index is -0.00333. The van der Waals surface area contributed by atoms with Crippen molar-refractivity contribution in [2.45, 2.75) is 43.7 Å². The van der Waals surface area contributed by atoms with Crippen LogP contribution >= 0.6 is 0 Å². The van der Waals surface area contributed by atoms with Gasteiger partial charge >= 0.3 is 0 Å². The van der Waals surface area contributed by atoms with Gasteiger partial charge < -0.3 is 10.4 Å². The molecule has 1 aliphatic heterocycles. The maximum atomic E-state index is 9.22. The predicted octanol–water partition coefficient (Wildman–Crippen LogP) is 0.653. The molecule has 2 saturated carbocycles. The highest BCUT2D eigenvalue weighted by Gasteiger charge is 2.58. The van der Waals surface area contributed by atoms with Gasteiger partial charge in [0, 0.05) is 12.1 Å². The summed E-state index contributed by atoms with van der Waals surface area (Å²) in [6, 6.07) is 0. The molecular weight excluding hydrogens is 138 g/mol. The molecule has 1 heterocycles. The molecule has 0 aromatic carbocycles. The van der Waals surface area contributed by atoms with Crippen LogP contribution in [-0.2, 0) is 0 Å². The fourth-order valence-electron chi connectivity index (χ4n) is 2.88. The summed E-state index contributed by atoms with van der Waals surface area (Å²) in [6.07, 6.45) is 6.22. The third kappa shape index (κ3) is 0.798. The molecule has 1 saturated heterocycles. The molecule has 0 unspecified atom stereocenters. The first-order valence-electron chi connectivity index (χ1n) is 4.65. The largest absolute Gasteiger partial charge is 0.393 e. The normalized spacial score (nSPS) is 51.5. The van der Waals surface area contributed by atoms with Crippen LogP contribution in [0.3, 0.4) is 0 Å². The number of hydrogen-bond acceptors (Lipinski definition) is 2. The van der Waals surface area contributed by atoms with E-state index in [1.54, 1.807) is 0 Å². The number of aliphatic hydroxyl groups is 1. The summed E-state index contributed by atoms with van der Waals surface area (Å²) >= 11 is 0. The molecule has 0 bridgehead atoms. The van der Waals surface area contributed by atoms with Gasteiger partial charge in [-0.15, -0.1) is 0 Å². The molecule has 0 amide bonds. The van der Waals surface area contributed by atoms with Gasteiger partial charge in [0.2, 0.25) is 0 Å². The molecule has 0 aromatic heterocycles. The molecule has 2 aliphatic carbocycles. The van der Waals surface area contributed by atoms with Gasteiger partial charge in [0.05, 0.1) is 6.10 Å².